The number of benzene rings is 1. The molecule has 0 aliphatic rings. The van der Waals surface area contributed by atoms with E-state index >= 15 is 0 Å². The van der Waals surface area contributed by atoms with Gasteiger partial charge in [0.25, 0.3) is 5.91 Å². The maximum absolute atomic E-state index is 12.3. The number of nitrogens with zero attached hydrogens (tertiary/aromatic N) is 1. The molecule has 0 fully saturated rings. The van der Waals surface area contributed by atoms with Gasteiger partial charge in [0.15, 0.2) is 0 Å². The highest BCUT2D eigenvalue weighted by Crippen LogP contribution is 2.32. The number of hydrogen-bond acceptors (Lipinski definition) is 3. The quantitative estimate of drug-likeness (QED) is 0.629. The summed E-state index contributed by atoms with van der Waals surface area (Å²) in [6.45, 7) is 5.18. The molecule has 0 spiro atoms. The predicted molar refractivity (Wildman–Crippen MR) is 87.5 cm³/mol. The molecule has 7 heteroatoms. The monoisotopic (exact) mass is 352 g/mol. The van der Waals surface area contributed by atoms with Crippen molar-refractivity contribution >= 4 is 40.7 Å². The molecule has 1 amide bonds. The summed E-state index contributed by atoms with van der Waals surface area (Å²) in [7, 11) is 1.56. The zero-order chi connectivity index (χ0) is 16.0. The van der Waals surface area contributed by atoms with Crippen molar-refractivity contribution in [1.29, 1.82) is 0 Å². The Hall–Kier alpha value is -0.680. The van der Waals surface area contributed by atoms with Crippen LogP contribution in [-0.2, 0) is 0 Å². The fourth-order valence-electron chi connectivity index (χ4n) is 1.92. The van der Waals surface area contributed by atoms with Gasteiger partial charge in [0.1, 0.15) is 11.9 Å². The Bertz CT molecular complexity index is 456. The second-order valence-corrected chi connectivity index (χ2v) is 6.74. The summed E-state index contributed by atoms with van der Waals surface area (Å²) in [5, 5.41) is 2.76. The van der Waals surface area contributed by atoms with Crippen LogP contribution in [0.3, 0.4) is 0 Å². The van der Waals surface area contributed by atoms with Gasteiger partial charge >= 0.3 is 0 Å². The molecule has 4 nitrogen and oxygen atoms in total. The second-order valence-electron chi connectivity index (χ2n) is 4.37. The zero-order valence-electron chi connectivity index (χ0n) is 12.2. The van der Waals surface area contributed by atoms with E-state index in [9.17, 15) is 4.79 Å². The van der Waals surface area contributed by atoms with Crippen molar-refractivity contribution in [1.82, 2.24) is 10.2 Å². The van der Waals surface area contributed by atoms with E-state index in [4.69, 9.17) is 39.5 Å². The Balaban J connectivity index is 2.89. The summed E-state index contributed by atoms with van der Waals surface area (Å²) < 4.78 is 3.44. The van der Waals surface area contributed by atoms with E-state index < -0.39 is 9.96 Å². The summed E-state index contributed by atoms with van der Waals surface area (Å²) in [4.78, 5) is 14.2. The number of carbonyl (C=O) groups excluding carboxylic acids is 1. The first-order valence-electron chi connectivity index (χ1n) is 6.59. The molecule has 1 aromatic carbocycles. The Morgan fingerprint density at radius 1 is 1.24 bits per heavy atom. The number of rotatable bonds is 6. The van der Waals surface area contributed by atoms with Gasteiger partial charge in [-0.2, -0.15) is 0 Å². The number of hydrogen-bond donors (Lipinski definition) is 1. The number of alkyl halides is 3. The van der Waals surface area contributed by atoms with Gasteiger partial charge < -0.3 is 10.1 Å². The molecule has 0 heterocycles. The van der Waals surface area contributed by atoms with E-state index in [-0.39, 0.29) is 5.91 Å². The number of nitrogens with one attached hydrogen (secondary N) is 1. The van der Waals surface area contributed by atoms with Gasteiger partial charge in [0.05, 0.1) is 7.11 Å². The molecule has 0 aromatic heterocycles. The number of ether oxygens (including phenoxy) is 1. The molecule has 1 unspecified atom stereocenters. The standard InChI is InChI=1S/C14H19Cl3N2O2/c1-4-19(5-2)13(14(15,16)17)18-12(20)10-6-8-11(21-3)9-7-10/h6-9,13H,4-5H2,1-3H3,(H,18,20). The highest BCUT2D eigenvalue weighted by atomic mass is 35.6. The van der Waals surface area contributed by atoms with Gasteiger partial charge in [-0.05, 0) is 37.4 Å². The highest BCUT2D eigenvalue weighted by molar-refractivity contribution is 6.68. The number of halogens is 3. The first-order valence-corrected chi connectivity index (χ1v) is 7.72. The molecule has 0 aliphatic carbocycles. The summed E-state index contributed by atoms with van der Waals surface area (Å²) in [6.07, 6.45) is -0.702. The molecule has 0 saturated carbocycles. The van der Waals surface area contributed by atoms with Crippen molar-refractivity contribution in [2.45, 2.75) is 23.8 Å². The summed E-state index contributed by atoms with van der Waals surface area (Å²) >= 11 is 18.0. The second kappa shape index (κ2) is 8.08. The molecule has 118 valence electrons. The third kappa shape index (κ3) is 5.22. The van der Waals surface area contributed by atoms with Crippen LogP contribution in [0.25, 0.3) is 0 Å². The maximum atomic E-state index is 12.3. The van der Waals surface area contributed by atoms with Crippen molar-refractivity contribution in [3.8, 4) is 5.75 Å². The lowest BCUT2D eigenvalue weighted by atomic mass is 10.2. The average molecular weight is 354 g/mol. The third-order valence-electron chi connectivity index (χ3n) is 3.11. The molecule has 0 aliphatic heterocycles. The van der Waals surface area contributed by atoms with Crippen molar-refractivity contribution in [3.63, 3.8) is 0 Å². The van der Waals surface area contributed by atoms with Crippen LogP contribution in [0.1, 0.15) is 24.2 Å². The van der Waals surface area contributed by atoms with E-state index in [0.717, 1.165) is 0 Å². The lowest BCUT2D eigenvalue weighted by molar-refractivity contribution is 0.0862. The van der Waals surface area contributed by atoms with Crippen molar-refractivity contribution < 1.29 is 9.53 Å². The van der Waals surface area contributed by atoms with E-state index in [1.807, 2.05) is 18.7 Å². The molecular formula is C14H19Cl3N2O2. The Kier molecular flexibility index (Phi) is 7.07. The Morgan fingerprint density at radius 3 is 2.14 bits per heavy atom. The molecule has 1 aromatic rings. The number of methoxy groups -OCH3 is 1. The normalized spacial score (nSPS) is 13.1. The highest BCUT2D eigenvalue weighted by Gasteiger charge is 2.37. The minimum absolute atomic E-state index is 0.305. The topological polar surface area (TPSA) is 41.6 Å². The summed E-state index contributed by atoms with van der Waals surface area (Å²) in [6, 6.07) is 6.73. The van der Waals surface area contributed by atoms with Crippen LogP contribution < -0.4 is 10.1 Å². The number of carbonyl (C=O) groups is 1. The molecule has 0 saturated heterocycles. The van der Waals surface area contributed by atoms with Crippen LogP contribution >= 0.6 is 34.8 Å². The van der Waals surface area contributed by atoms with Gasteiger partial charge in [-0.25, -0.2) is 0 Å². The molecule has 1 N–H and O–H groups in total. The fourth-order valence-corrected chi connectivity index (χ4v) is 2.50. The van der Waals surface area contributed by atoms with Gasteiger partial charge in [-0.1, -0.05) is 48.7 Å². The Labute approximate surface area is 140 Å². The van der Waals surface area contributed by atoms with Crippen molar-refractivity contribution in [2.24, 2.45) is 0 Å². The zero-order valence-corrected chi connectivity index (χ0v) is 14.5. The third-order valence-corrected chi connectivity index (χ3v) is 3.73. The lowest BCUT2D eigenvalue weighted by Gasteiger charge is -2.35. The summed E-state index contributed by atoms with van der Waals surface area (Å²) in [5.41, 5.74) is 0.474. The van der Waals surface area contributed by atoms with Crippen LogP contribution in [0.4, 0.5) is 0 Å². The van der Waals surface area contributed by atoms with E-state index in [1.165, 1.54) is 0 Å². The molecule has 1 rings (SSSR count). The molecule has 21 heavy (non-hydrogen) atoms. The van der Waals surface area contributed by atoms with E-state index in [1.54, 1.807) is 31.4 Å². The van der Waals surface area contributed by atoms with Gasteiger partial charge in [-0.3, -0.25) is 9.69 Å². The largest absolute Gasteiger partial charge is 0.497 e. The van der Waals surface area contributed by atoms with Crippen molar-refractivity contribution in [3.05, 3.63) is 29.8 Å². The van der Waals surface area contributed by atoms with Crippen LogP contribution in [0.15, 0.2) is 24.3 Å². The maximum Gasteiger partial charge on any atom is 0.252 e. The molecule has 0 radical (unpaired) electrons. The Morgan fingerprint density at radius 2 is 1.76 bits per heavy atom. The van der Waals surface area contributed by atoms with Gasteiger partial charge in [-0.15, -0.1) is 0 Å². The van der Waals surface area contributed by atoms with Crippen LogP contribution in [-0.4, -0.2) is 41.0 Å². The van der Waals surface area contributed by atoms with E-state index in [0.29, 0.717) is 24.4 Å². The minimum atomic E-state index is -1.62. The molecule has 1 atom stereocenters. The first kappa shape index (κ1) is 18.4. The lowest BCUT2D eigenvalue weighted by Crippen LogP contribution is -2.55. The smallest absolute Gasteiger partial charge is 0.252 e. The van der Waals surface area contributed by atoms with Crippen LogP contribution in [0, 0.1) is 0 Å². The molecular weight excluding hydrogens is 335 g/mol. The first-order chi connectivity index (χ1) is 9.83. The average Bonchev–Trinajstić information content (AvgIpc) is 2.46. The van der Waals surface area contributed by atoms with Crippen LogP contribution in [0.2, 0.25) is 0 Å². The fraction of sp³-hybridized carbons (Fsp3) is 0.500. The van der Waals surface area contributed by atoms with Gasteiger partial charge in [0.2, 0.25) is 3.79 Å². The number of amides is 1. The van der Waals surface area contributed by atoms with Gasteiger partial charge in [0, 0.05) is 5.56 Å². The minimum Gasteiger partial charge on any atom is -0.497 e. The van der Waals surface area contributed by atoms with Crippen molar-refractivity contribution in [2.75, 3.05) is 20.2 Å². The summed E-state index contributed by atoms with van der Waals surface area (Å²) in [5.74, 6) is 0.370. The molecule has 0 bridgehead atoms. The van der Waals surface area contributed by atoms with Crippen LogP contribution in [0.5, 0.6) is 5.75 Å². The predicted octanol–water partition coefficient (Wildman–Crippen LogP) is 3.46. The SMILES string of the molecule is CCN(CC)C(NC(=O)c1ccc(OC)cc1)C(Cl)(Cl)Cl. The van der Waals surface area contributed by atoms with E-state index in [2.05, 4.69) is 5.32 Å².